The maximum absolute atomic E-state index is 10.9. The predicted molar refractivity (Wildman–Crippen MR) is 48.4 cm³/mol. The highest BCUT2D eigenvalue weighted by Crippen LogP contribution is 2.00. The van der Waals surface area contributed by atoms with Crippen LogP contribution in [0.4, 0.5) is 0 Å². The van der Waals surface area contributed by atoms with E-state index in [0.29, 0.717) is 6.54 Å². The molecule has 0 spiro atoms. The maximum Gasteiger partial charge on any atom is 0.323 e. The van der Waals surface area contributed by atoms with Gasteiger partial charge in [0, 0.05) is 6.54 Å². The molecule has 0 atom stereocenters. The summed E-state index contributed by atoms with van der Waals surface area (Å²) in [6.07, 6.45) is 0. The largest absolute Gasteiger partial charge is 0.480 e. The highest BCUT2D eigenvalue weighted by molar-refractivity contribution is 5.81. The summed E-state index contributed by atoms with van der Waals surface area (Å²) in [5, 5.41) is 13.9. The maximum atomic E-state index is 10.9. The van der Waals surface area contributed by atoms with Gasteiger partial charge < -0.3 is 10.4 Å². The van der Waals surface area contributed by atoms with Crippen LogP contribution in [0.15, 0.2) is 0 Å². The molecule has 0 fully saturated rings. The fourth-order valence-corrected chi connectivity index (χ4v) is 0.637. The molecule has 0 aromatic heterocycles. The minimum Gasteiger partial charge on any atom is -0.480 e. The zero-order chi connectivity index (χ0) is 10.5. The van der Waals surface area contributed by atoms with E-state index in [2.05, 4.69) is 10.6 Å². The Balaban J connectivity index is 3.88. The minimum atomic E-state index is -1.06. The van der Waals surface area contributed by atoms with Crippen LogP contribution in [0.25, 0.3) is 0 Å². The Morgan fingerprint density at radius 1 is 1.38 bits per heavy atom. The smallest absolute Gasteiger partial charge is 0.323 e. The Morgan fingerprint density at radius 3 is 2.31 bits per heavy atom. The SMILES string of the molecule is CCNC(=O)CNC(C)(C)C(=O)O. The second kappa shape index (κ2) is 4.81. The van der Waals surface area contributed by atoms with Crippen molar-refractivity contribution in [3.63, 3.8) is 0 Å². The Labute approximate surface area is 77.5 Å². The Bertz CT molecular complexity index is 202. The van der Waals surface area contributed by atoms with Gasteiger partial charge in [-0.05, 0) is 20.8 Å². The third-order valence-electron chi connectivity index (χ3n) is 1.60. The lowest BCUT2D eigenvalue weighted by Gasteiger charge is -2.20. The normalized spacial score (nSPS) is 11.0. The van der Waals surface area contributed by atoms with Crippen LogP contribution in [0.3, 0.4) is 0 Å². The molecular formula is C8H16N2O3. The molecule has 0 saturated heterocycles. The van der Waals surface area contributed by atoms with Crippen molar-refractivity contribution in [1.29, 1.82) is 0 Å². The summed E-state index contributed by atoms with van der Waals surface area (Å²) in [6.45, 7) is 5.39. The van der Waals surface area contributed by atoms with E-state index in [1.807, 2.05) is 0 Å². The van der Waals surface area contributed by atoms with Crippen LogP contribution in [0, 0.1) is 0 Å². The fraction of sp³-hybridized carbons (Fsp3) is 0.750. The lowest BCUT2D eigenvalue weighted by molar-refractivity contribution is -0.143. The van der Waals surface area contributed by atoms with Gasteiger partial charge in [-0.1, -0.05) is 0 Å². The molecule has 5 heteroatoms. The molecule has 5 nitrogen and oxygen atoms in total. The minimum absolute atomic E-state index is 0.0210. The van der Waals surface area contributed by atoms with Crippen molar-refractivity contribution in [2.75, 3.05) is 13.1 Å². The number of amides is 1. The molecule has 0 radical (unpaired) electrons. The van der Waals surface area contributed by atoms with Gasteiger partial charge in [-0.3, -0.25) is 14.9 Å². The monoisotopic (exact) mass is 188 g/mol. The lowest BCUT2D eigenvalue weighted by atomic mass is 10.1. The number of likely N-dealkylation sites (N-methyl/N-ethyl adjacent to an activating group) is 1. The first kappa shape index (κ1) is 11.9. The van der Waals surface area contributed by atoms with Crippen molar-refractivity contribution in [2.24, 2.45) is 0 Å². The number of nitrogens with one attached hydrogen (secondary N) is 2. The summed E-state index contributed by atoms with van der Waals surface area (Å²) in [5.41, 5.74) is -1.06. The van der Waals surface area contributed by atoms with E-state index in [1.54, 1.807) is 6.92 Å². The average Bonchev–Trinajstić information content (AvgIpc) is 2.01. The molecular weight excluding hydrogens is 172 g/mol. The van der Waals surface area contributed by atoms with Crippen LogP contribution in [-0.4, -0.2) is 35.6 Å². The van der Waals surface area contributed by atoms with Gasteiger partial charge in [0.05, 0.1) is 6.54 Å². The van der Waals surface area contributed by atoms with Crippen molar-refractivity contribution in [3.05, 3.63) is 0 Å². The van der Waals surface area contributed by atoms with Gasteiger partial charge in [-0.15, -0.1) is 0 Å². The van der Waals surface area contributed by atoms with E-state index in [4.69, 9.17) is 5.11 Å². The number of carboxylic acids is 1. The molecule has 0 aliphatic carbocycles. The van der Waals surface area contributed by atoms with Crippen molar-refractivity contribution >= 4 is 11.9 Å². The van der Waals surface area contributed by atoms with E-state index >= 15 is 0 Å². The third kappa shape index (κ3) is 4.47. The highest BCUT2D eigenvalue weighted by Gasteiger charge is 2.26. The molecule has 0 aromatic rings. The van der Waals surface area contributed by atoms with Crippen molar-refractivity contribution in [2.45, 2.75) is 26.3 Å². The molecule has 0 unspecified atom stereocenters. The standard InChI is InChI=1S/C8H16N2O3/c1-4-9-6(11)5-10-8(2,3)7(12)13/h10H,4-5H2,1-3H3,(H,9,11)(H,12,13). The number of aliphatic carboxylic acids is 1. The fourth-order valence-electron chi connectivity index (χ4n) is 0.637. The van der Waals surface area contributed by atoms with Crippen molar-refractivity contribution in [1.82, 2.24) is 10.6 Å². The topological polar surface area (TPSA) is 78.4 Å². The second-order valence-corrected chi connectivity index (χ2v) is 3.24. The van der Waals surface area contributed by atoms with Gasteiger partial charge in [-0.25, -0.2) is 0 Å². The van der Waals surface area contributed by atoms with Crippen LogP contribution >= 0.6 is 0 Å². The van der Waals surface area contributed by atoms with Gasteiger partial charge >= 0.3 is 5.97 Å². The van der Waals surface area contributed by atoms with E-state index in [1.165, 1.54) is 13.8 Å². The number of rotatable bonds is 5. The molecule has 0 aromatic carbocycles. The number of carbonyl (C=O) groups excluding carboxylic acids is 1. The zero-order valence-electron chi connectivity index (χ0n) is 8.18. The van der Waals surface area contributed by atoms with E-state index in [-0.39, 0.29) is 12.5 Å². The molecule has 13 heavy (non-hydrogen) atoms. The summed E-state index contributed by atoms with van der Waals surface area (Å²) in [7, 11) is 0. The van der Waals surface area contributed by atoms with Gasteiger partial charge in [0.15, 0.2) is 0 Å². The zero-order valence-corrected chi connectivity index (χ0v) is 8.18. The molecule has 0 aliphatic heterocycles. The molecule has 0 bridgehead atoms. The quantitative estimate of drug-likeness (QED) is 0.547. The van der Waals surface area contributed by atoms with Gasteiger partial charge in [0.2, 0.25) is 5.91 Å². The number of carboxylic acid groups (broad SMARTS) is 1. The lowest BCUT2D eigenvalue weighted by Crippen LogP contribution is -2.50. The van der Waals surface area contributed by atoms with E-state index in [0.717, 1.165) is 0 Å². The molecule has 3 N–H and O–H groups in total. The third-order valence-corrected chi connectivity index (χ3v) is 1.60. The van der Waals surface area contributed by atoms with Crippen molar-refractivity contribution < 1.29 is 14.7 Å². The molecule has 1 amide bonds. The molecule has 0 heterocycles. The van der Waals surface area contributed by atoms with Gasteiger partial charge in [-0.2, -0.15) is 0 Å². The Kier molecular flexibility index (Phi) is 4.40. The first-order chi connectivity index (χ1) is 5.90. The summed E-state index contributed by atoms with van der Waals surface area (Å²) in [5.74, 6) is -1.17. The molecule has 0 aliphatic rings. The molecule has 0 saturated carbocycles. The molecule has 76 valence electrons. The first-order valence-corrected chi connectivity index (χ1v) is 4.15. The summed E-state index contributed by atoms with van der Waals surface area (Å²) < 4.78 is 0. The second-order valence-electron chi connectivity index (χ2n) is 3.24. The van der Waals surface area contributed by atoms with Crippen LogP contribution in [0.5, 0.6) is 0 Å². The first-order valence-electron chi connectivity index (χ1n) is 4.15. The van der Waals surface area contributed by atoms with Gasteiger partial charge in [0.1, 0.15) is 5.54 Å². The summed E-state index contributed by atoms with van der Waals surface area (Å²) >= 11 is 0. The highest BCUT2D eigenvalue weighted by atomic mass is 16.4. The van der Waals surface area contributed by atoms with Crippen LogP contribution < -0.4 is 10.6 Å². The predicted octanol–water partition coefficient (Wildman–Crippen LogP) is -0.425. The Morgan fingerprint density at radius 2 is 1.92 bits per heavy atom. The van der Waals surface area contributed by atoms with E-state index in [9.17, 15) is 9.59 Å². The summed E-state index contributed by atoms with van der Waals surface area (Å²) in [6, 6.07) is 0. The van der Waals surface area contributed by atoms with Crippen LogP contribution in [0.1, 0.15) is 20.8 Å². The Hall–Kier alpha value is -1.10. The van der Waals surface area contributed by atoms with Crippen LogP contribution in [0.2, 0.25) is 0 Å². The number of carbonyl (C=O) groups is 2. The van der Waals surface area contributed by atoms with Crippen molar-refractivity contribution in [3.8, 4) is 0 Å². The van der Waals surface area contributed by atoms with Gasteiger partial charge in [0.25, 0.3) is 0 Å². The van der Waals surface area contributed by atoms with E-state index < -0.39 is 11.5 Å². The average molecular weight is 188 g/mol. The number of hydrogen-bond donors (Lipinski definition) is 3. The van der Waals surface area contributed by atoms with Crippen LogP contribution in [-0.2, 0) is 9.59 Å². The molecule has 0 rings (SSSR count). The summed E-state index contributed by atoms with van der Waals surface area (Å²) in [4.78, 5) is 21.5. The number of hydrogen-bond acceptors (Lipinski definition) is 3.